The molecule has 4 heteroatoms. The third-order valence-corrected chi connectivity index (χ3v) is 4.03. The van der Waals surface area contributed by atoms with Crippen LogP contribution in [-0.2, 0) is 11.2 Å². The van der Waals surface area contributed by atoms with Crippen molar-refractivity contribution in [2.45, 2.75) is 25.2 Å². The lowest BCUT2D eigenvalue weighted by molar-refractivity contribution is -0.131. The number of hydrogen-bond acceptors (Lipinski definition) is 3. The fourth-order valence-corrected chi connectivity index (χ4v) is 3.18. The normalized spacial score (nSPS) is 18.6. The predicted octanol–water partition coefficient (Wildman–Crippen LogP) is 2.15. The van der Waals surface area contributed by atoms with Crippen molar-refractivity contribution in [1.29, 1.82) is 5.26 Å². The molecule has 0 radical (unpaired) electrons. The van der Waals surface area contributed by atoms with Crippen LogP contribution in [0.5, 0.6) is 0 Å². The molecule has 84 valence electrons. The molecule has 1 aromatic rings. The van der Waals surface area contributed by atoms with Crippen LogP contribution in [0, 0.1) is 11.3 Å². The van der Waals surface area contributed by atoms with Gasteiger partial charge in [0.25, 0.3) is 0 Å². The number of carbonyl (C=O) groups excluding carboxylic acids is 1. The molecule has 1 unspecified atom stereocenters. The lowest BCUT2D eigenvalue weighted by Crippen LogP contribution is -2.33. The standard InChI is InChI=1S/C12H14N2OS/c1-14(7-6-13)12(15)10-3-2-4-11-9(10)5-8-16-11/h5,8,10H,2-4,7H2,1H3. The van der Waals surface area contributed by atoms with Crippen LogP contribution in [0.3, 0.4) is 0 Å². The summed E-state index contributed by atoms with van der Waals surface area (Å²) in [6, 6.07) is 4.07. The summed E-state index contributed by atoms with van der Waals surface area (Å²) >= 11 is 1.74. The van der Waals surface area contributed by atoms with E-state index in [1.165, 1.54) is 15.3 Å². The topological polar surface area (TPSA) is 44.1 Å². The molecule has 0 saturated carbocycles. The van der Waals surface area contributed by atoms with Gasteiger partial charge in [0.2, 0.25) is 5.91 Å². The van der Waals surface area contributed by atoms with E-state index in [0.29, 0.717) is 0 Å². The summed E-state index contributed by atoms with van der Waals surface area (Å²) in [6.07, 6.45) is 3.08. The van der Waals surface area contributed by atoms with Crippen molar-refractivity contribution in [2.24, 2.45) is 0 Å². The van der Waals surface area contributed by atoms with Gasteiger partial charge in [0.1, 0.15) is 6.54 Å². The second-order valence-electron chi connectivity index (χ2n) is 4.10. The zero-order valence-electron chi connectivity index (χ0n) is 9.27. The average molecular weight is 234 g/mol. The number of rotatable bonds is 2. The largest absolute Gasteiger partial charge is 0.332 e. The number of carbonyl (C=O) groups is 1. The van der Waals surface area contributed by atoms with Crippen molar-refractivity contribution in [2.75, 3.05) is 13.6 Å². The Morgan fingerprint density at radius 3 is 3.31 bits per heavy atom. The van der Waals surface area contributed by atoms with Gasteiger partial charge in [0.05, 0.1) is 12.0 Å². The van der Waals surface area contributed by atoms with Crippen LogP contribution in [0.2, 0.25) is 0 Å². The minimum absolute atomic E-state index is 0.0200. The van der Waals surface area contributed by atoms with Gasteiger partial charge in [-0.1, -0.05) is 0 Å². The first-order chi connectivity index (χ1) is 7.74. The molecule has 0 aromatic carbocycles. The Morgan fingerprint density at radius 2 is 2.56 bits per heavy atom. The van der Waals surface area contributed by atoms with Gasteiger partial charge >= 0.3 is 0 Å². The van der Waals surface area contributed by atoms with Gasteiger partial charge in [-0.25, -0.2) is 0 Å². The molecule has 2 rings (SSSR count). The van der Waals surface area contributed by atoms with E-state index < -0.39 is 0 Å². The number of hydrogen-bond donors (Lipinski definition) is 0. The number of aryl methyl sites for hydroxylation is 1. The second-order valence-corrected chi connectivity index (χ2v) is 5.10. The highest BCUT2D eigenvalue weighted by molar-refractivity contribution is 7.10. The summed E-state index contributed by atoms with van der Waals surface area (Å²) in [5.41, 5.74) is 1.19. The van der Waals surface area contributed by atoms with E-state index in [2.05, 4.69) is 11.4 Å². The van der Waals surface area contributed by atoms with E-state index >= 15 is 0 Å². The number of nitrogens with zero attached hydrogens (tertiary/aromatic N) is 2. The van der Waals surface area contributed by atoms with Crippen LogP contribution < -0.4 is 0 Å². The SMILES string of the molecule is CN(CC#N)C(=O)C1CCCc2sccc21. The minimum Gasteiger partial charge on any atom is -0.332 e. The zero-order chi connectivity index (χ0) is 11.5. The Balaban J connectivity index is 2.18. The van der Waals surface area contributed by atoms with E-state index in [4.69, 9.17) is 5.26 Å². The summed E-state index contributed by atoms with van der Waals surface area (Å²) in [5.74, 6) is 0.0641. The van der Waals surface area contributed by atoms with Crippen molar-refractivity contribution in [3.63, 3.8) is 0 Å². The summed E-state index contributed by atoms with van der Waals surface area (Å²) in [5, 5.41) is 10.7. The Morgan fingerprint density at radius 1 is 1.75 bits per heavy atom. The average Bonchev–Trinajstić information content (AvgIpc) is 2.76. The molecule has 1 amide bonds. The van der Waals surface area contributed by atoms with Crippen molar-refractivity contribution in [3.05, 3.63) is 21.9 Å². The lowest BCUT2D eigenvalue weighted by atomic mass is 9.87. The van der Waals surface area contributed by atoms with Crippen molar-refractivity contribution in [3.8, 4) is 6.07 Å². The van der Waals surface area contributed by atoms with Crippen molar-refractivity contribution in [1.82, 2.24) is 4.90 Å². The van der Waals surface area contributed by atoms with Gasteiger partial charge in [0.15, 0.2) is 0 Å². The van der Waals surface area contributed by atoms with Gasteiger partial charge in [-0.3, -0.25) is 4.79 Å². The Labute approximate surface area is 99.3 Å². The molecule has 0 fully saturated rings. The number of fused-ring (bicyclic) bond motifs is 1. The summed E-state index contributed by atoms with van der Waals surface area (Å²) < 4.78 is 0. The molecule has 0 aliphatic heterocycles. The first kappa shape index (κ1) is 11.2. The van der Waals surface area contributed by atoms with Crippen LogP contribution in [0.1, 0.15) is 29.2 Å². The van der Waals surface area contributed by atoms with Gasteiger partial charge in [-0.15, -0.1) is 11.3 Å². The van der Waals surface area contributed by atoms with Gasteiger partial charge in [-0.05, 0) is 36.3 Å². The van der Waals surface area contributed by atoms with Crippen LogP contribution in [0.15, 0.2) is 11.4 Å². The molecular formula is C12H14N2OS. The molecule has 0 spiro atoms. The maximum absolute atomic E-state index is 12.1. The number of amides is 1. The molecule has 3 nitrogen and oxygen atoms in total. The molecular weight excluding hydrogens is 220 g/mol. The lowest BCUT2D eigenvalue weighted by Gasteiger charge is -2.25. The monoisotopic (exact) mass is 234 g/mol. The molecule has 0 bridgehead atoms. The zero-order valence-corrected chi connectivity index (χ0v) is 10.1. The summed E-state index contributed by atoms with van der Waals surface area (Å²) in [4.78, 5) is 15.0. The summed E-state index contributed by atoms with van der Waals surface area (Å²) in [7, 11) is 1.70. The Hall–Kier alpha value is -1.34. The molecule has 1 atom stereocenters. The molecule has 1 aliphatic rings. The maximum Gasteiger partial charge on any atom is 0.230 e. The van der Waals surface area contributed by atoms with E-state index in [-0.39, 0.29) is 18.4 Å². The van der Waals surface area contributed by atoms with Crippen molar-refractivity contribution < 1.29 is 4.79 Å². The molecule has 0 N–H and O–H groups in total. The van der Waals surface area contributed by atoms with E-state index in [1.54, 1.807) is 18.4 Å². The third-order valence-electron chi connectivity index (χ3n) is 3.03. The van der Waals surface area contributed by atoms with Crippen LogP contribution in [-0.4, -0.2) is 24.4 Å². The highest BCUT2D eigenvalue weighted by atomic mass is 32.1. The Kier molecular flexibility index (Phi) is 3.25. The van der Waals surface area contributed by atoms with Gasteiger partial charge in [0, 0.05) is 11.9 Å². The highest BCUT2D eigenvalue weighted by Crippen LogP contribution is 2.35. The second kappa shape index (κ2) is 4.67. The van der Waals surface area contributed by atoms with E-state index in [9.17, 15) is 4.79 Å². The van der Waals surface area contributed by atoms with Crippen LogP contribution in [0.25, 0.3) is 0 Å². The molecule has 1 aromatic heterocycles. The quantitative estimate of drug-likeness (QED) is 0.736. The molecule has 1 aliphatic carbocycles. The number of nitriles is 1. The number of likely N-dealkylation sites (N-methyl/N-ethyl adjacent to an activating group) is 1. The van der Waals surface area contributed by atoms with Crippen LogP contribution in [0.4, 0.5) is 0 Å². The molecule has 1 heterocycles. The Bertz CT molecular complexity index is 432. The highest BCUT2D eigenvalue weighted by Gasteiger charge is 2.29. The first-order valence-electron chi connectivity index (χ1n) is 5.42. The summed E-state index contributed by atoms with van der Waals surface area (Å²) in [6.45, 7) is 0.175. The van der Waals surface area contributed by atoms with E-state index in [0.717, 1.165) is 19.3 Å². The maximum atomic E-state index is 12.1. The molecule has 16 heavy (non-hydrogen) atoms. The fourth-order valence-electron chi connectivity index (χ4n) is 2.19. The van der Waals surface area contributed by atoms with Gasteiger partial charge < -0.3 is 4.90 Å². The number of thiophene rings is 1. The molecule has 0 saturated heterocycles. The fraction of sp³-hybridized carbons (Fsp3) is 0.500. The van der Waals surface area contributed by atoms with Crippen LogP contribution >= 0.6 is 11.3 Å². The van der Waals surface area contributed by atoms with E-state index in [1.807, 2.05) is 6.07 Å². The minimum atomic E-state index is -0.0200. The smallest absolute Gasteiger partial charge is 0.230 e. The predicted molar refractivity (Wildman–Crippen MR) is 63.2 cm³/mol. The third kappa shape index (κ3) is 1.96. The van der Waals surface area contributed by atoms with Gasteiger partial charge in [-0.2, -0.15) is 5.26 Å². The van der Waals surface area contributed by atoms with Crippen molar-refractivity contribution >= 4 is 17.2 Å². The first-order valence-corrected chi connectivity index (χ1v) is 6.30.